The van der Waals surface area contributed by atoms with Crippen LogP contribution < -0.4 is 0 Å². The Morgan fingerprint density at radius 2 is 1.96 bits per heavy atom. The van der Waals surface area contributed by atoms with E-state index < -0.39 is 10.0 Å². The molecule has 0 aliphatic carbocycles. The molecule has 2 aromatic rings. The molecular formula is C15H18ClN3O3S. The molecule has 0 bridgehead atoms. The van der Waals surface area contributed by atoms with Crippen LogP contribution in [0.1, 0.15) is 36.1 Å². The third-order valence-electron chi connectivity index (χ3n) is 4.03. The number of rotatable bonds is 4. The van der Waals surface area contributed by atoms with Crippen molar-refractivity contribution in [2.24, 2.45) is 0 Å². The number of piperidine rings is 1. The second-order valence-electron chi connectivity index (χ2n) is 5.68. The fraction of sp³-hybridized carbons (Fsp3) is 0.467. The van der Waals surface area contributed by atoms with Gasteiger partial charge < -0.3 is 4.42 Å². The van der Waals surface area contributed by atoms with Gasteiger partial charge in [0.25, 0.3) is 0 Å². The van der Waals surface area contributed by atoms with E-state index in [1.165, 1.54) is 4.31 Å². The van der Waals surface area contributed by atoms with Crippen LogP contribution in [0.15, 0.2) is 28.7 Å². The normalized spacial score (nSPS) is 17.5. The molecule has 6 nitrogen and oxygen atoms in total. The van der Waals surface area contributed by atoms with E-state index in [1.54, 1.807) is 31.2 Å². The molecule has 0 unspecified atom stereocenters. The highest BCUT2D eigenvalue weighted by molar-refractivity contribution is 7.88. The lowest BCUT2D eigenvalue weighted by molar-refractivity contribution is 0.287. The van der Waals surface area contributed by atoms with Crippen LogP contribution in [0.25, 0.3) is 0 Å². The van der Waals surface area contributed by atoms with Crippen molar-refractivity contribution >= 4 is 21.6 Å². The molecule has 0 saturated carbocycles. The Kier molecular flexibility index (Phi) is 4.70. The number of hydrogen-bond acceptors (Lipinski definition) is 5. The highest BCUT2D eigenvalue weighted by atomic mass is 35.5. The van der Waals surface area contributed by atoms with Gasteiger partial charge in [-0.15, -0.1) is 10.2 Å². The molecular weight excluding hydrogens is 338 g/mol. The van der Waals surface area contributed by atoms with Crippen molar-refractivity contribution in [3.05, 3.63) is 46.6 Å². The van der Waals surface area contributed by atoms with Crippen LogP contribution in [0.3, 0.4) is 0 Å². The molecule has 23 heavy (non-hydrogen) atoms. The largest absolute Gasteiger partial charge is 0.425 e. The molecule has 1 aliphatic heterocycles. The summed E-state index contributed by atoms with van der Waals surface area (Å²) in [6.07, 6.45) is 1.37. The first-order valence-electron chi connectivity index (χ1n) is 7.47. The van der Waals surface area contributed by atoms with E-state index >= 15 is 0 Å². The Balaban J connectivity index is 1.65. The smallest absolute Gasteiger partial charge is 0.219 e. The molecule has 2 heterocycles. The highest BCUT2D eigenvalue weighted by Crippen LogP contribution is 2.29. The lowest BCUT2D eigenvalue weighted by Crippen LogP contribution is -2.38. The minimum atomic E-state index is -3.38. The SMILES string of the molecule is Cc1nnc(C2CCN(S(=O)(=O)Cc3ccccc3Cl)CC2)o1. The van der Waals surface area contributed by atoms with Gasteiger partial charge in [0.2, 0.25) is 21.8 Å². The quantitative estimate of drug-likeness (QED) is 0.842. The summed E-state index contributed by atoms with van der Waals surface area (Å²) in [7, 11) is -3.38. The first-order valence-corrected chi connectivity index (χ1v) is 9.45. The van der Waals surface area contributed by atoms with E-state index in [1.807, 2.05) is 0 Å². The second-order valence-corrected chi connectivity index (χ2v) is 8.06. The molecule has 8 heteroatoms. The summed E-state index contributed by atoms with van der Waals surface area (Å²) >= 11 is 6.06. The number of benzene rings is 1. The number of aromatic nitrogens is 2. The van der Waals surface area contributed by atoms with Crippen LogP contribution in [0.5, 0.6) is 0 Å². The van der Waals surface area contributed by atoms with Gasteiger partial charge in [0.1, 0.15) is 0 Å². The van der Waals surface area contributed by atoms with Gasteiger partial charge in [0, 0.05) is 31.0 Å². The van der Waals surface area contributed by atoms with Crippen molar-refractivity contribution in [2.75, 3.05) is 13.1 Å². The highest BCUT2D eigenvalue weighted by Gasteiger charge is 2.31. The Bertz CT molecular complexity index is 783. The number of hydrogen-bond donors (Lipinski definition) is 0. The standard InChI is InChI=1S/C15H18ClN3O3S/c1-11-17-18-15(22-11)12-6-8-19(9-7-12)23(20,21)10-13-4-2-3-5-14(13)16/h2-5,12H,6-10H2,1H3. The Hall–Kier alpha value is -1.44. The van der Waals surface area contributed by atoms with Crippen LogP contribution in [-0.2, 0) is 15.8 Å². The molecule has 0 radical (unpaired) electrons. The summed E-state index contributed by atoms with van der Waals surface area (Å²) in [5, 5.41) is 8.34. The topological polar surface area (TPSA) is 76.3 Å². The lowest BCUT2D eigenvalue weighted by atomic mass is 9.98. The van der Waals surface area contributed by atoms with Crippen LogP contribution >= 0.6 is 11.6 Å². The molecule has 0 N–H and O–H groups in total. The summed E-state index contributed by atoms with van der Waals surface area (Å²) in [6, 6.07) is 7.03. The van der Waals surface area contributed by atoms with Gasteiger partial charge in [-0.1, -0.05) is 29.8 Å². The van der Waals surface area contributed by atoms with E-state index in [0.717, 1.165) is 0 Å². The molecule has 0 amide bonds. The first-order chi connectivity index (χ1) is 11.0. The summed E-state index contributed by atoms with van der Waals surface area (Å²) in [4.78, 5) is 0. The zero-order valence-electron chi connectivity index (χ0n) is 12.8. The predicted octanol–water partition coefficient (Wildman–Crippen LogP) is 2.74. The molecule has 0 spiro atoms. The summed E-state index contributed by atoms with van der Waals surface area (Å²) in [6.45, 7) is 2.66. The van der Waals surface area contributed by atoms with Crippen molar-refractivity contribution in [2.45, 2.75) is 31.4 Å². The van der Waals surface area contributed by atoms with Crippen molar-refractivity contribution in [3.63, 3.8) is 0 Å². The number of aryl methyl sites for hydroxylation is 1. The molecule has 1 aromatic carbocycles. The summed E-state index contributed by atoms with van der Waals surface area (Å²) in [5.74, 6) is 1.19. The zero-order valence-corrected chi connectivity index (χ0v) is 14.3. The van der Waals surface area contributed by atoms with Crippen LogP contribution in [0, 0.1) is 6.92 Å². The van der Waals surface area contributed by atoms with Gasteiger partial charge in [-0.3, -0.25) is 0 Å². The number of sulfonamides is 1. The first kappa shape index (κ1) is 16.4. The van der Waals surface area contributed by atoms with E-state index in [2.05, 4.69) is 10.2 Å². The Morgan fingerprint density at radius 1 is 1.26 bits per heavy atom. The second kappa shape index (κ2) is 6.59. The van der Waals surface area contributed by atoms with Crippen molar-refractivity contribution in [3.8, 4) is 0 Å². The van der Waals surface area contributed by atoms with Crippen molar-refractivity contribution < 1.29 is 12.8 Å². The Labute approximate surface area is 140 Å². The van der Waals surface area contributed by atoms with E-state index in [9.17, 15) is 8.42 Å². The van der Waals surface area contributed by atoms with E-state index in [-0.39, 0.29) is 11.7 Å². The number of nitrogens with zero attached hydrogens (tertiary/aromatic N) is 3. The van der Waals surface area contributed by atoms with Crippen molar-refractivity contribution in [1.29, 1.82) is 0 Å². The average molecular weight is 356 g/mol. The van der Waals surface area contributed by atoms with Crippen LogP contribution in [0.2, 0.25) is 5.02 Å². The minimum absolute atomic E-state index is 0.0724. The van der Waals surface area contributed by atoms with Crippen LogP contribution in [-0.4, -0.2) is 36.0 Å². The third-order valence-corrected chi connectivity index (χ3v) is 6.23. The molecule has 1 aliphatic rings. The van der Waals surface area contributed by atoms with Gasteiger partial charge in [-0.05, 0) is 24.5 Å². The van der Waals surface area contributed by atoms with Gasteiger partial charge >= 0.3 is 0 Å². The van der Waals surface area contributed by atoms with Crippen LogP contribution in [0.4, 0.5) is 0 Å². The average Bonchev–Trinajstić information content (AvgIpc) is 2.96. The summed E-state index contributed by atoms with van der Waals surface area (Å²) < 4.78 is 32.1. The number of halogens is 1. The van der Waals surface area contributed by atoms with Gasteiger partial charge in [-0.25, -0.2) is 12.7 Å². The third kappa shape index (κ3) is 3.73. The monoisotopic (exact) mass is 355 g/mol. The van der Waals surface area contributed by atoms with Gasteiger partial charge in [0.05, 0.1) is 5.75 Å². The van der Waals surface area contributed by atoms with Gasteiger partial charge in [0.15, 0.2) is 0 Å². The zero-order chi connectivity index (χ0) is 16.4. The minimum Gasteiger partial charge on any atom is -0.425 e. The van der Waals surface area contributed by atoms with E-state index in [4.69, 9.17) is 16.0 Å². The van der Waals surface area contributed by atoms with Gasteiger partial charge in [-0.2, -0.15) is 0 Å². The molecule has 1 aromatic heterocycles. The lowest BCUT2D eigenvalue weighted by Gasteiger charge is -2.29. The van der Waals surface area contributed by atoms with Crippen molar-refractivity contribution in [1.82, 2.24) is 14.5 Å². The maximum absolute atomic E-state index is 12.6. The fourth-order valence-corrected chi connectivity index (χ4v) is 4.64. The fourth-order valence-electron chi connectivity index (χ4n) is 2.76. The predicted molar refractivity (Wildman–Crippen MR) is 86.7 cm³/mol. The maximum Gasteiger partial charge on any atom is 0.219 e. The molecule has 124 valence electrons. The molecule has 1 fully saturated rings. The Morgan fingerprint density at radius 3 is 2.57 bits per heavy atom. The molecule has 3 rings (SSSR count). The molecule has 0 atom stereocenters. The summed E-state index contributed by atoms with van der Waals surface area (Å²) in [5.41, 5.74) is 0.629. The van der Waals surface area contributed by atoms with E-state index in [0.29, 0.717) is 48.3 Å². The maximum atomic E-state index is 12.6. The molecule has 1 saturated heterocycles.